The van der Waals surface area contributed by atoms with E-state index in [-0.39, 0.29) is 11.4 Å². The molecular weight excluding hydrogens is 493 g/mol. The first-order valence-electron chi connectivity index (χ1n) is 11.4. The number of para-hydroxylation sites is 1. The fourth-order valence-electron chi connectivity index (χ4n) is 3.94. The zero-order chi connectivity index (χ0) is 25.2. The average Bonchev–Trinajstić information content (AvgIpc) is 3.60. The molecule has 0 N–H and O–H groups in total. The molecule has 0 radical (unpaired) electrons. The first kappa shape index (κ1) is 23.9. The maximum Gasteiger partial charge on any atom is 0.297 e. The Balaban J connectivity index is 1.73. The van der Waals surface area contributed by atoms with Crippen molar-refractivity contribution in [3.63, 3.8) is 0 Å². The molecule has 6 nitrogen and oxygen atoms in total. The molecule has 5 rings (SSSR count). The van der Waals surface area contributed by atoms with Gasteiger partial charge in [0, 0.05) is 12.4 Å². The number of nitrogens with zero attached hydrogens (tertiary/aromatic N) is 5. The molecule has 0 saturated heterocycles. The molecule has 0 amide bonds. The SMILES string of the molecule is CCC(=Nn1c(-c2cccs2)csc1=Nc1c(C)n(C)n(-c2ccccc2)c1=O)c1ccc(F)cc1. The molecule has 0 saturated carbocycles. The predicted octanol–water partition coefficient (Wildman–Crippen LogP) is 6.11. The minimum atomic E-state index is -0.290. The van der Waals surface area contributed by atoms with Gasteiger partial charge in [0.1, 0.15) is 5.82 Å². The van der Waals surface area contributed by atoms with Gasteiger partial charge in [-0.15, -0.1) is 22.7 Å². The van der Waals surface area contributed by atoms with Gasteiger partial charge in [-0.2, -0.15) is 5.10 Å². The number of hydrogen-bond acceptors (Lipinski definition) is 5. The highest BCUT2D eigenvalue weighted by atomic mass is 32.1. The van der Waals surface area contributed by atoms with Crippen LogP contribution in [0.1, 0.15) is 24.6 Å². The van der Waals surface area contributed by atoms with Crippen LogP contribution in [0, 0.1) is 12.7 Å². The Morgan fingerprint density at radius 2 is 1.75 bits per heavy atom. The third kappa shape index (κ3) is 4.43. The topological polar surface area (TPSA) is 56.6 Å². The molecule has 36 heavy (non-hydrogen) atoms. The zero-order valence-electron chi connectivity index (χ0n) is 20.1. The summed E-state index contributed by atoms with van der Waals surface area (Å²) in [4.78, 5) is 19.9. The number of benzene rings is 2. The number of halogens is 1. The first-order chi connectivity index (χ1) is 17.5. The molecule has 0 aliphatic heterocycles. The lowest BCUT2D eigenvalue weighted by Crippen LogP contribution is -2.20. The Labute approximate surface area is 215 Å². The van der Waals surface area contributed by atoms with Gasteiger partial charge in [-0.25, -0.2) is 18.7 Å². The molecule has 182 valence electrons. The Morgan fingerprint density at radius 3 is 2.42 bits per heavy atom. The third-order valence-corrected chi connectivity index (χ3v) is 7.63. The number of aromatic nitrogens is 3. The summed E-state index contributed by atoms with van der Waals surface area (Å²) in [5, 5.41) is 8.97. The second-order valence-electron chi connectivity index (χ2n) is 8.12. The van der Waals surface area contributed by atoms with E-state index in [1.54, 1.807) is 32.8 Å². The van der Waals surface area contributed by atoms with E-state index in [9.17, 15) is 9.18 Å². The lowest BCUT2D eigenvalue weighted by atomic mass is 10.1. The fourth-order valence-corrected chi connectivity index (χ4v) is 5.57. The lowest BCUT2D eigenvalue weighted by Gasteiger charge is -2.07. The van der Waals surface area contributed by atoms with Crippen molar-refractivity contribution in [1.29, 1.82) is 0 Å². The first-order valence-corrected chi connectivity index (χ1v) is 13.2. The predicted molar refractivity (Wildman–Crippen MR) is 145 cm³/mol. The molecule has 0 aliphatic rings. The second kappa shape index (κ2) is 10.0. The summed E-state index contributed by atoms with van der Waals surface area (Å²) in [5.41, 5.74) is 4.21. The number of rotatable bonds is 6. The van der Waals surface area contributed by atoms with Crippen molar-refractivity contribution in [2.45, 2.75) is 20.3 Å². The Kier molecular flexibility index (Phi) is 6.67. The standard InChI is InChI=1S/C27H24FN5OS2/c1-4-22(19-12-14-20(28)15-13-19)30-32-23(24-11-8-16-35-24)17-36-27(32)29-25-18(2)31(3)33(26(25)34)21-9-6-5-7-10-21/h5-17H,4H2,1-3H3. The summed E-state index contributed by atoms with van der Waals surface area (Å²) in [6, 6.07) is 19.9. The molecule has 0 unspecified atom stereocenters. The molecular formula is C27H24FN5OS2. The summed E-state index contributed by atoms with van der Waals surface area (Å²) in [6.45, 7) is 3.90. The molecule has 9 heteroatoms. The van der Waals surface area contributed by atoms with Gasteiger partial charge in [0.2, 0.25) is 4.80 Å². The second-order valence-corrected chi connectivity index (χ2v) is 9.91. The van der Waals surface area contributed by atoms with Crippen LogP contribution in [0.15, 0.2) is 92.4 Å². The van der Waals surface area contributed by atoms with Crippen molar-refractivity contribution in [3.8, 4) is 16.3 Å². The van der Waals surface area contributed by atoms with E-state index in [1.807, 2.05) is 78.8 Å². The van der Waals surface area contributed by atoms with Crippen molar-refractivity contribution in [3.05, 3.63) is 110 Å². The van der Waals surface area contributed by atoms with E-state index in [2.05, 4.69) is 0 Å². The highest BCUT2D eigenvalue weighted by molar-refractivity contribution is 7.14. The quantitative estimate of drug-likeness (QED) is 0.251. The van der Waals surface area contributed by atoms with E-state index in [4.69, 9.17) is 10.1 Å². The van der Waals surface area contributed by atoms with Crippen LogP contribution in [0.5, 0.6) is 0 Å². The monoisotopic (exact) mass is 517 g/mol. The van der Waals surface area contributed by atoms with Crippen LogP contribution in [0.3, 0.4) is 0 Å². The van der Waals surface area contributed by atoms with E-state index in [1.165, 1.54) is 23.5 Å². The zero-order valence-corrected chi connectivity index (χ0v) is 21.7. The average molecular weight is 518 g/mol. The molecule has 0 spiro atoms. The summed E-state index contributed by atoms with van der Waals surface area (Å²) in [5.74, 6) is -0.290. The lowest BCUT2D eigenvalue weighted by molar-refractivity contribution is 0.627. The molecule has 5 aromatic rings. The van der Waals surface area contributed by atoms with E-state index < -0.39 is 0 Å². The molecule has 0 fully saturated rings. The Bertz CT molecular complexity index is 1650. The number of thiophene rings is 1. The van der Waals surface area contributed by atoms with E-state index >= 15 is 0 Å². The third-order valence-electron chi connectivity index (χ3n) is 5.92. The summed E-state index contributed by atoms with van der Waals surface area (Å²) in [6.07, 6.45) is 0.642. The van der Waals surface area contributed by atoms with Gasteiger partial charge in [0.25, 0.3) is 5.56 Å². The molecule has 2 aromatic carbocycles. The minimum absolute atomic E-state index is 0.197. The van der Waals surface area contributed by atoms with Crippen LogP contribution in [0.2, 0.25) is 0 Å². The minimum Gasteiger partial charge on any atom is -0.283 e. The molecule has 0 bridgehead atoms. The van der Waals surface area contributed by atoms with Gasteiger partial charge in [-0.05, 0) is 54.6 Å². The maximum absolute atomic E-state index is 13.5. The maximum atomic E-state index is 13.5. The summed E-state index contributed by atoms with van der Waals surface area (Å²) < 4.78 is 18.7. The number of hydrogen-bond donors (Lipinski definition) is 0. The van der Waals surface area contributed by atoms with Crippen LogP contribution in [-0.4, -0.2) is 19.8 Å². The van der Waals surface area contributed by atoms with E-state index in [0.717, 1.165) is 33.2 Å². The van der Waals surface area contributed by atoms with Gasteiger partial charge in [-0.1, -0.05) is 43.3 Å². The van der Waals surface area contributed by atoms with Gasteiger partial charge in [0.05, 0.1) is 27.7 Å². The van der Waals surface area contributed by atoms with Crippen molar-refractivity contribution in [2.24, 2.45) is 17.1 Å². The van der Waals surface area contributed by atoms with Crippen LogP contribution in [-0.2, 0) is 7.05 Å². The Morgan fingerprint density at radius 1 is 1.00 bits per heavy atom. The van der Waals surface area contributed by atoms with Crippen molar-refractivity contribution in [1.82, 2.24) is 14.0 Å². The summed E-state index contributed by atoms with van der Waals surface area (Å²) in [7, 11) is 1.85. The smallest absolute Gasteiger partial charge is 0.283 e. The Hall–Kier alpha value is -3.82. The molecule has 0 atom stereocenters. The van der Waals surface area contributed by atoms with Gasteiger partial charge in [0.15, 0.2) is 5.69 Å². The highest BCUT2D eigenvalue weighted by Crippen LogP contribution is 2.26. The molecule has 3 heterocycles. The number of thiazole rings is 1. The van der Waals surface area contributed by atoms with Crippen LogP contribution in [0.25, 0.3) is 16.3 Å². The van der Waals surface area contributed by atoms with E-state index in [0.29, 0.717) is 16.9 Å². The normalized spacial score (nSPS) is 12.4. The van der Waals surface area contributed by atoms with Crippen molar-refractivity contribution < 1.29 is 4.39 Å². The largest absolute Gasteiger partial charge is 0.297 e. The fraction of sp³-hybridized carbons (Fsp3) is 0.148. The summed E-state index contributed by atoms with van der Waals surface area (Å²) >= 11 is 3.03. The molecule has 3 aromatic heterocycles. The van der Waals surface area contributed by atoms with Crippen LogP contribution in [0.4, 0.5) is 10.1 Å². The van der Waals surface area contributed by atoms with Gasteiger partial charge < -0.3 is 0 Å². The van der Waals surface area contributed by atoms with Crippen LogP contribution >= 0.6 is 22.7 Å². The van der Waals surface area contributed by atoms with Gasteiger partial charge in [-0.3, -0.25) is 9.48 Å². The van der Waals surface area contributed by atoms with Crippen molar-refractivity contribution >= 4 is 34.1 Å². The van der Waals surface area contributed by atoms with Crippen molar-refractivity contribution in [2.75, 3.05) is 0 Å². The van der Waals surface area contributed by atoms with Gasteiger partial charge >= 0.3 is 0 Å². The van der Waals surface area contributed by atoms with Crippen LogP contribution < -0.4 is 10.4 Å². The molecule has 0 aliphatic carbocycles. The highest BCUT2D eigenvalue weighted by Gasteiger charge is 2.17.